The van der Waals surface area contributed by atoms with E-state index in [0.717, 1.165) is 0 Å². The summed E-state index contributed by atoms with van der Waals surface area (Å²) in [5, 5.41) is 20.5. The van der Waals surface area contributed by atoms with E-state index in [1.54, 1.807) is 33.8 Å². The first-order valence-corrected chi connectivity index (χ1v) is 6.29. The van der Waals surface area contributed by atoms with Gasteiger partial charge in [0.1, 0.15) is 6.29 Å². The lowest BCUT2D eigenvalue weighted by Gasteiger charge is -2.38. The van der Waals surface area contributed by atoms with Gasteiger partial charge in [0.15, 0.2) is 0 Å². The van der Waals surface area contributed by atoms with Crippen LogP contribution in [0.25, 0.3) is 0 Å². The molecule has 6 heteroatoms. The Morgan fingerprint density at radius 3 is 2.37 bits per heavy atom. The minimum atomic E-state index is -1.32. The lowest BCUT2D eigenvalue weighted by molar-refractivity contribution is -0.0982. The maximum Gasteiger partial charge on any atom is 0.492 e. The summed E-state index contributed by atoms with van der Waals surface area (Å²) in [6.45, 7) is 6.49. The van der Waals surface area contributed by atoms with E-state index in [9.17, 15) is 14.9 Å². The average Bonchev–Trinajstić information content (AvgIpc) is 2.26. The van der Waals surface area contributed by atoms with Crippen LogP contribution in [0.5, 0.6) is 0 Å². The molecule has 4 nitrogen and oxygen atoms in total. The number of rotatable bonds is 5. The standard InChI is InChI=1S/C13H18BClO4/c1-12(2,17)13(3,4)19-14(18)11-6-5-10(15)7-9(11)8-16/h5-8,17-18H,1-4H3. The van der Waals surface area contributed by atoms with Gasteiger partial charge in [0.2, 0.25) is 0 Å². The third-order valence-electron chi connectivity index (χ3n) is 3.32. The van der Waals surface area contributed by atoms with E-state index >= 15 is 0 Å². The summed E-state index contributed by atoms with van der Waals surface area (Å²) < 4.78 is 5.47. The largest absolute Gasteiger partial charge is 0.492 e. The molecule has 0 amide bonds. The van der Waals surface area contributed by atoms with E-state index in [2.05, 4.69) is 0 Å². The zero-order valence-electron chi connectivity index (χ0n) is 11.5. The number of carbonyl (C=O) groups is 1. The number of halogens is 1. The van der Waals surface area contributed by atoms with Crippen LogP contribution in [0.15, 0.2) is 18.2 Å². The van der Waals surface area contributed by atoms with Gasteiger partial charge in [0.05, 0.1) is 11.2 Å². The first-order valence-electron chi connectivity index (χ1n) is 5.91. The van der Waals surface area contributed by atoms with E-state index in [0.29, 0.717) is 16.8 Å². The van der Waals surface area contributed by atoms with Crippen molar-refractivity contribution in [3.63, 3.8) is 0 Å². The van der Waals surface area contributed by atoms with E-state index < -0.39 is 18.3 Å². The van der Waals surface area contributed by atoms with Gasteiger partial charge >= 0.3 is 7.12 Å². The second-order valence-electron chi connectivity index (χ2n) is 5.43. The zero-order valence-corrected chi connectivity index (χ0v) is 12.2. The fourth-order valence-corrected chi connectivity index (χ4v) is 1.54. The van der Waals surface area contributed by atoms with Crippen LogP contribution in [0.2, 0.25) is 5.02 Å². The number of aldehydes is 1. The summed E-state index contributed by atoms with van der Waals surface area (Å²) in [6.07, 6.45) is 0.602. The normalized spacial score (nSPS) is 12.4. The van der Waals surface area contributed by atoms with Crippen LogP contribution < -0.4 is 5.46 Å². The van der Waals surface area contributed by atoms with Crippen LogP contribution in [0.3, 0.4) is 0 Å². The Morgan fingerprint density at radius 1 is 1.32 bits per heavy atom. The van der Waals surface area contributed by atoms with Crippen molar-refractivity contribution in [3.05, 3.63) is 28.8 Å². The van der Waals surface area contributed by atoms with E-state index in [1.165, 1.54) is 12.1 Å². The summed E-state index contributed by atoms with van der Waals surface area (Å²) in [5.41, 5.74) is -1.57. The SMILES string of the molecule is CC(C)(O)C(C)(C)OB(O)c1ccc(Cl)cc1C=O. The zero-order chi connectivity index (χ0) is 14.8. The lowest BCUT2D eigenvalue weighted by Crippen LogP contribution is -2.53. The third kappa shape index (κ3) is 3.80. The molecule has 0 radical (unpaired) electrons. The van der Waals surface area contributed by atoms with Crippen molar-refractivity contribution in [1.29, 1.82) is 0 Å². The van der Waals surface area contributed by atoms with Crippen LogP contribution in [0.4, 0.5) is 0 Å². The molecule has 0 fully saturated rings. The summed E-state index contributed by atoms with van der Waals surface area (Å²) in [7, 11) is -1.32. The van der Waals surface area contributed by atoms with Gasteiger partial charge in [-0.05, 0) is 45.3 Å². The first kappa shape index (κ1) is 16.2. The van der Waals surface area contributed by atoms with Crippen LogP contribution in [0.1, 0.15) is 38.1 Å². The molecule has 0 heterocycles. The van der Waals surface area contributed by atoms with Crippen molar-refractivity contribution >= 4 is 30.5 Å². The number of hydrogen-bond donors (Lipinski definition) is 2. The molecule has 0 unspecified atom stereocenters. The van der Waals surface area contributed by atoms with E-state index in [1.807, 2.05) is 0 Å². The molecule has 0 aromatic heterocycles. The first-order chi connectivity index (χ1) is 8.58. The van der Waals surface area contributed by atoms with Crippen molar-refractivity contribution in [2.45, 2.75) is 38.9 Å². The maximum absolute atomic E-state index is 11.0. The maximum atomic E-state index is 11.0. The van der Waals surface area contributed by atoms with Gasteiger partial charge in [-0.2, -0.15) is 0 Å². The Labute approximate surface area is 118 Å². The number of carbonyl (C=O) groups excluding carboxylic acids is 1. The minimum Gasteiger partial charge on any atom is -0.423 e. The molecule has 0 aliphatic rings. The molecule has 0 saturated heterocycles. The highest BCUT2D eigenvalue weighted by Gasteiger charge is 2.39. The molecule has 0 atom stereocenters. The quantitative estimate of drug-likeness (QED) is 0.634. The Bertz CT molecular complexity index is 468. The van der Waals surface area contributed by atoms with Gasteiger partial charge in [0.25, 0.3) is 0 Å². The minimum absolute atomic E-state index is 0.256. The van der Waals surface area contributed by atoms with Crippen molar-refractivity contribution in [1.82, 2.24) is 0 Å². The van der Waals surface area contributed by atoms with Crippen LogP contribution in [0, 0.1) is 0 Å². The van der Waals surface area contributed by atoms with Crippen LogP contribution in [-0.4, -0.2) is 34.7 Å². The molecule has 2 N–H and O–H groups in total. The molecule has 0 spiro atoms. The van der Waals surface area contributed by atoms with Crippen molar-refractivity contribution < 1.29 is 19.6 Å². The predicted octanol–water partition coefficient (Wildman–Crippen LogP) is 1.41. The number of hydrogen-bond acceptors (Lipinski definition) is 4. The summed E-state index contributed by atoms with van der Waals surface area (Å²) >= 11 is 5.78. The highest BCUT2D eigenvalue weighted by atomic mass is 35.5. The Balaban J connectivity index is 3.02. The van der Waals surface area contributed by atoms with E-state index in [-0.39, 0.29) is 5.56 Å². The molecular weight excluding hydrogens is 266 g/mol. The number of benzene rings is 1. The molecule has 0 bridgehead atoms. The molecule has 0 aliphatic heterocycles. The van der Waals surface area contributed by atoms with Gasteiger partial charge in [-0.25, -0.2) is 0 Å². The summed E-state index contributed by atoms with van der Waals surface area (Å²) in [4.78, 5) is 11.0. The molecule has 1 rings (SSSR count). The average molecular weight is 285 g/mol. The molecular formula is C13H18BClO4. The summed E-state index contributed by atoms with van der Waals surface area (Å²) in [5.74, 6) is 0. The molecule has 19 heavy (non-hydrogen) atoms. The van der Waals surface area contributed by atoms with Gasteiger partial charge in [-0.15, -0.1) is 0 Å². The summed E-state index contributed by atoms with van der Waals surface area (Å²) in [6, 6.07) is 4.54. The lowest BCUT2D eigenvalue weighted by atomic mass is 9.74. The third-order valence-corrected chi connectivity index (χ3v) is 3.56. The number of aliphatic hydroxyl groups is 1. The fourth-order valence-electron chi connectivity index (χ4n) is 1.36. The van der Waals surface area contributed by atoms with Gasteiger partial charge in [-0.1, -0.05) is 17.7 Å². The van der Waals surface area contributed by atoms with Crippen molar-refractivity contribution in [3.8, 4) is 0 Å². The molecule has 1 aromatic rings. The van der Waals surface area contributed by atoms with Gasteiger partial charge in [-0.3, -0.25) is 4.79 Å². The predicted molar refractivity (Wildman–Crippen MR) is 75.9 cm³/mol. The topological polar surface area (TPSA) is 66.8 Å². The monoisotopic (exact) mass is 284 g/mol. The van der Waals surface area contributed by atoms with Crippen LogP contribution >= 0.6 is 11.6 Å². The highest BCUT2D eigenvalue weighted by molar-refractivity contribution is 6.61. The molecule has 0 saturated carbocycles. The second-order valence-corrected chi connectivity index (χ2v) is 5.87. The second kappa shape index (κ2) is 5.63. The van der Waals surface area contributed by atoms with E-state index in [4.69, 9.17) is 16.3 Å². The van der Waals surface area contributed by atoms with Crippen molar-refractivity contribution in [2.75, 3.05) is 0 Å². The smallest absolute Gasteiger partial charge is 0.423 e. The Hall–Kier alpha value is -0.875. The Kier molecular flexibility index (Phi) is 4.79. The fraction of sp³-hybridized carbons (Fsp3) is 0.462. The Morgan fingerprint density at radius 2 is 1.89 bits per heavy atom. The van der Waals surface area contributed by atoms with Gasteiger partial charge < -0.3 is 14.8 Å². The molecule has 104 valence electrons. The van der Waals surface area contributed by atoms with Crippen LogP contribution in [-0.2, 0) is 4.65 Å². The molecule has 1 aromatic carbocycles. The molecule has 0 aliphatic carbocycles. The van der Waals surface area contributed by atoms with Crippen molar-refractivity contribution in [2.24, 2.45) is 0 Å². The highest BCUT2D eigenvalue weighted by Crippen LogP contribution is 2.25. The van der Waals surface area contributed by atoms with Gasteiger partial charge in [0, 0.05) is 10.6 Å².